The number of methoxy groups -OCH3 is 1. The molecule has 1 aromatic carbocycles. The lowest BCUT2D eigenvalue weighted by molar-refractivity contribution is 0.360. The Labute approximate surface area is 78.1 Å². The minimum absolute atomic E-state index is 0.0794. The summed E-state index contributed by atoms with van der Waals surface area (Å²) in [6, 6.07) is 1.59. The van der Waals surface area contributed by atoms with Gasteiger partial charge in [-0.25, -0.2) is 0 Å². The predicted molar refractivity (Wildman–Crippen MR) is 47.1 cm³/mol. The number of halogens is 2. The second-order valence-electron chi connectivity index (χ2n) is 2.37. The summed E-state index contributed by atoms with van der Waals surface area (Å²) >= 11 is 3.01. The maximum absolute atomic E-state index is 13.1. The van der Waals surface area contributed by atoms with Crippen LogP contribution in [0.25, 0.3) is 0 Å². The number of hydrogen-bond donors (Lipinski definition) is 1. The van der Waals surface area contributed by atoms with E-state index in [0.29, 0.717) is 10.0 Å². The summed E-state index contributed by atoms with van der Waals surface area (Å²) in [7, 11) is 1.36. The van der Waals surface area contributed by atoms with Gasteiger partial charge in [0.05, 0.1) is 11.6 Å². The van der Waals surface area contributed by atoms with Gasteiger partial charge >= 0.3 is 0 Å². The van der Waals surface area contributed by atoms with E-state index >= 15 is 0 Å². The van der Waals surface area contributed by atoms with Crippen LogP contribution in [0.1, 0.15) is 5.56 Å². The molecule has 0 heterocycles. The van der Waals surface area contributed by atoms with Crippen molar-refractivity contribution in [3.63, 3.8) is 0 Å². The van der Waals surface area contributed by atoms with E-state index < -0.39 is 11.6 Å². The van der Waals surface area contributed by atoms with Gasteiger partial charge in [0.1, 0.15) is 0 Å². The number of rotatable bonds is 1. The Morgan fingerprint density at radius 1 is 1.58 bits per heavy atom. The maximum atomic E-state index is 13.1. The second kappa shape index (κ2) is 3.31. The third-order valence-electron chi connectivity index (χ3n) is 1.54. The molecule has 2 nitrogen and oxygen atoms in total. The summed E-state index contributed by atoms with van der Waals surface area (Å²) in [6.07, 6.45) is 0. The summed E-state index contributed by atoms with van der Waals surface area (Å²) in [5.41, 5.74) is 0.639. The summed E-state index contributed by atoms with van der Waals surface area (Å²) in [5.74, 6) is -1.07. The fourth-order valence-electron chi connectivity index (χ4n) is 0.960. The number of benzene rings is 1. The fraction of sp³-hybridized carbons (Fsp3) is 0.250. The molecule has 4 heteroatoms. The predicted octanol–water partition coefficient (Wildman–Crippen LogP) is 2.61. The van der Waals surface area contributed by atoms with Crippen LogP contribution in [0.2, 0.25) is 0 Å². The molecule has 0 aliphatic carbocycles. The van der Waals surface area contributed by atoms with Gasteiger partial charge in [-0.05, 0) is 34.5 Å². The molecule has 0 bridgehead atoms. The molecule has 0 atom stereocenters. The number of hydrogen-bond acceptors (Lipinski definition) is 2. The third-order valence-corrected chi connectivity index (χ3v) is 2.14. The smallest absolute Gasteiger partial charge is 0.208 e. The van der Waals surface area contributed by atoms with Crippen molar-refractivity contribution in [1.29, 1.82) is 0 Å². The van der Waals surface area contributed by atoms with E-state index in [1.807, 2.05) is 0 Å². The maximum Gasteiger partial charge on any atom is 0.208 e. The summed E-state index contributed by atoms with van der Waals surface area (Å²) < 4.78 is 18.2. The SMILES string of the molecule is COc1c(C)cc(Br)c(O)c1F. The highest BCUT2D eigenvalue weighted by atomic mass is 79.9. The number of aryl methyl sites for hydroxylation is 1. The van der Waals surface area contributed by atoms with Crippen molar-refractivity contribution in [3.8, 4) is 11.5 Å². The molecule has 0 saturated carbocycles. The molecular formula is C8H8BrFO2. The molecule has 0 aliphatic heterocycles. The van der Waals surface area contributed by atoms with E-state index in [9.17, 15) is 4.39 Å². The summed E-state index contributed by atoms with van der Waals surface area (Å²) in [4.78, 5) is 0. The van der Waals surface area contributed by atoms with Crippen molar-refractivity contribution in [1.82, 2.24) is 0 Å². The van der Waals surface area contributed by atoms with Crippen LogP contribution in [-0.2, 0) is 0 Å². The van der Waals surface area contributed by atoms with Crippen LogP contribution in [-0.4, -0.2) is 12.2 Å². The molecule has 1 N–H and O–H groups in total. The van der Waals surface area contributed by atoms with Gasteiger partial charge in [-0.2, -0.15) is 4.39 Å². The van der Waals surface area contributed by atoms with Crippen LogP contribution in [0.15, 0.2) is 10.5 Å². The highest BCUT2D eigenvalue weighted by Gasteiger charge is 2.14. The summed E-state index contributed by atoms with van der Waals surface area (Å²) in [5, 5.41) is 9.14. The molecule has 0 aromatic heterocycles. The number of phenolic OH excluding ortho intramolecular Hbond substituents is 1. The van der Waals surface area contributed by atoms with Gasteiger partial charge in [-0.1, -0.05) is 0 Å². The zero-order valence-corrected chi connectivity index (χ0v) is 8.27. The van der Waals surface area contributed by atoms with Gasteiger partial charge in [-0.15, -0.1) is 0 Å². The standard InChI is InChI=1S/C8H8BrFO2/c1-4-3-5(9)7(11)6(10)8(4)12-2/h3,11H,1-2H3. The fourth-order valence-corrected chi connectivity index (χ4v) is 1.48. The minimum atomic E-state index is -0.732. The van der Waals surface area contributed by atoms with Gasteiger partial charge in [-0.3, -0.25) is 0 Å². The molecule has 1 rings (SSSR count). The quantitative estimate of drug-likeness (QED) is 0.810. The third kappa shape index (κ3) is 1.39. The Morgan fingerprint density at radius 2 is 2.17 bits per heavy atom. The number of phenols is 1. The van der Waals surface area contributed by atoms with Crippen molar-refractivity contribution >= 4 is 15.9 Å². The number of aromatic hydroxyl groups is 1. The van der Waals surface area contributed by atoms with E-state index in [-0.39, 0.29) is 5.75 Å². The Morgan fingerprint density at radius 3 is 2.67 bits per heavy atom. The van der Waals surface area contributed by atoms with Gasteiger partial charge in [0.2, 0.25) is 5.82 Å². The highest BCUT2D eigenvalue weighted by Crippen LogP contribution is 2.35. The molecule has 0 saturated heterocycles. The zero-order valence-electron chi connectivity index (χ0n) is 6.69. The van der Waals surface area contributed by atoms with Crippen molar-refractivity contribution in [2.45, 2.75) is 6.92 Å². The largest absolute Gasteiger partial charge is 0.504 e. The lowest BCUT2D eigenvalue weighted by Crippen LogP contribution is -1.92. The van der Waals surface area contributed by atoms with Crippen LogP contribution in [0.4, 0.5) is 4.39 Å². The van der Waals surface area contributed by atoms with E-state index in [1.54, 1.807) is 13.0 Å². The normalized spacial score (nSPS) is 10.0. The van der Waals surface area contributed by atoms with Crippen LogP contribution in [0, 0.1) is 12.7 Å². The van der Waals surface area contributed by atoms with E-state index in [4.69, 9.17) is 9.84 Å². The molecule has 0 aliphatic rings. The van der Waals surface area contributed by atoms with Crippen LogP contribution < -0.4 is 4.74 Å². The van der Waals surface area contributed by atoms with Crippen molar-refractivity contribution in [2.75, 3.05) is 7.11 Å². The topological polar surface area (TPSA) is 29.5 Å². The molecule has 1 aromatic rings. The van der Waals surface area contributed by atoms with E-state index in [1.165, 1.54) is 7.11 Å². The minimum Gasteiger partial charge on any atom is -0.504 e. The highest BCUT2D eigenvalue weighted by molar-refractivity contribution is 9.10. The molecule has 0 fully saturated rings. The lowest BCUT2D eigenvalue weighted by Gasteiger charge is -2.08. The van der Waals surface area contributed by atoms with Crippen molar-refractivity contribution < 1.29 is 14.2 Å². The molecule has 0 unspecified atom stereocenters. The van der Waals surface area contributed by atoms with Crippen LogP contribution >= 0.6 is 15.9 Å². The van der Waals surface area contributed by atoms with Crippen molar-refractivity contribution in [2.24, 2.45) is 0 Å². The molecule has 0 spiro atoms. The Kier molecular flexibility index (Phi) is 2.57. The second-order valence-corrected chi connectivity index (χ2v) is 3.23. The zero-order chi connectivity index (χ0) is 9.30. The molecule has 66 valence electrons. The average Bonchev–Trinajstić information content (AvgIpc) is 2.01. The monoisotopic (exact) mass is 234 g/mol. The van der Waals surface area contributed by atoms with E-state index in [0.717, 1.165) is 0 Å². The van der Waals surface area contributed by atoms with Gasteiger partial charge in [0.15, 0.2) is 11.5 Å². The first-order chi connectivity index (χ1) is 5.57. The first kappa shape index (κ1) is 9.32. The molecule has 12 heavy (non-hydrogen) atoms. The lowest BCUT2D eigenvalue weighted by atomic mass is 10.2. The van der Waals surface area contributed by atoms with Gasteiger partial charge < -0.3 is 9.84 Å². The molecule has 0 radical (unpaired) electrons. The van der Waals surface area contributed by atoms with Crippen LogP contribution in [0.5, 0.6) is 11.5 Å². The number of ether oxygens (including phenoxy) is 1. The van der Waals surface area contributed by atoms with Gasteiger partial charge in [0, 0.05) is 0 Å². The van der Waals surface area contributed by atoms with Crippen molar-refractivity contribution in [3.05, 3.63) is 21.9 Å². The molecule has 0 amide bonds. The Hall–Kier alpha value is -0.770. The first-order valence-electron chi connectivity index (χ1n) is 3.29. The average molecular weight is 235 g/mol. The van der Waals surface area contributed by atoms with Gasteiger partial charge in [0.25, 0.3) is 0 Å². The Bertz CT molecular complexity index is 312. The van der Waals surface area contributed by atoms with Crippen LogP contribution in [0.3, 0.4) is 0 Å². The van der Waals surface area contributed by atoms with E-state index in [2.05, 4.69) is 15.9 Å². The summed E-state index contributed by atoms with van der Waals surface area (Å²) in [6.45, 7) is 1.70. The Balaban J connectivity index is 3.40. The molecular weight excluding hydrogens is 227 g/mol. The first-order valence-corrected chi connectivity index (χ1v) is 4.08.